The van der Waals surface area contributed by atoms with Crippen molar-refractivity contribution in [3.8, 4) is 0 Å². The highest BCUT2D eigenvalue weighted by Gasteiger charge is 2.29. The molecular weight excluding hydrogens is 326 g/mol. The van der Waals surface area contributed by atoms with Gasteiger partial charge >= 0.3 is 0 Å². The van der Waals surface area contributed by atoms with Gasteiger partial charge in [-0.1, -0.05) is 12.1 Å². The standard InChI is InChI=1S/C16H21N5O4/c1-3-12-6-13(20-25-12)16(23)21-4-5-24-14(9-21)15-18-8-11(19-15)7-17-10(2)22/h6,8,14H,3-5,7,9H2,1-2H3,(H,17,22)(H,18,19)/t14-/m0/s1. The fourth-order valence-electron chi connectivity index (χ4n) is 2.59. The maximum atomic E-state index is 12.6. The van der Waals surface area contributed by atoms with Gasteiger partial charge in [-0.15, -0.1) is 0 Å². The van der Waals surface area contributed by atoms with Gasteiger partial charge in [-0.05, 0) is 0 Å². The van der Waals surface area contributed by atoms with Crippen LogP contribution in [0.1, 0.15) is 47.7 Å². The lowest BCUT2D eigenvalue weighted by molar-refractivity contribution is -0.119. The van der Waals surface area contributed by atoms with Crippen molar-refractivity contribution in [1.82, 2.24) is 25.3 Å². The van der Waals surface area contributed by atoms with Crippen LogP contribution in [0, 0.1) is 0 Å². The van der Waals surface area contributed by atoms with Crippen LogP contribution < -0.4 is 5.32 Å². The van der Waals surface area contributed by atoms with Crippen molar-refractivity contribution < 1.29 is 18.8 Å². The van der Waals surface area contributed by atoms with E-state index in [4.69, 9.17) is 9.26 Å². The van der Waals surface area contributed by atoms with Crippen LogP contribution in [-0.2, 0) is 22.5 Å². The van der Waals surface area contributed by atoms with Gasteiger partial charge in [-0.3, -0.25) is 9.59 Å². The number of H-pyrrole nitrogens is 1. The van der Waals surface area contributed by atoms with E-state index in [1.807, 2.05) is 6.92 Å². The number of carbonyl (C=O) groups excluding carboxylic acids is 2. The Kier molecular flexibility index (Phi) is 5.13. The molecule has 134 valence electrons. The first-order valence-electron chi connectivity index (χ1n) is 8.21. The Balaban J connectivity index is 1.64. The number of nitrogens with zero attached hydrogens (tertiary/aromatic N) is 3. The summed E-state index contributed by atoms with van der Waals surface area (Å²) in [6.07, 6.45) is 2.00. The number of nitrogens with one attached hydrogen (secondary N) is 2. The minimum atomic E-state index is -0.346. The Morgan fingerprint density at radius 3 is 3.04 bits per heavy atom. The smallest absolute Gasteiger partial charge is 0.276 e. The number of morpholine rings is 1. The number of amides is 2. The van der Waals surface area contributed by atoms with Crippen molar-refractivity contribution in [3.05, 3.63) is 35.2 Å². The lowest BCUT2D eigenvalue weighted by atomic mass is 10.2. The number of aryl methyl sites for hydroxylation is 1. The predicted octanol–water partition coefficient (Wildman–Crippen LogP) is 0.810. The summed E-state index contributed by atoms with van der Waals surface area (Å²) >= 11 is 0. The zero-order chi connectivity index (χ0) is 17.8. The Labute approximate surface area is 144 Å². The molecule has 1 saturated heterocycles. The molecule has 2 aromatic heterocycles. The van der Waals surface area contributed by atoms with Crippen molar-refractivity contribution >= 4 is 11.8 Å². The molecule has 9 nitrogen and oxygen atoms in total. The Morgan fingerprint density at radius 2 is 2.32 bits per heavy atom. The quantitative estimate of drug-likeness (QED) is 0.827. The third-order valence-corrected chi connectivity index (χ3v) is 3.96. The monoisotopic (exact) mass is 347 g/mol. The van der Waals surface area contributed by atoms with Crippen molar-refractivity contribution in [3.63, 3.8) is 0 Å². The highest BCUT2D eigenvalue weighted by atomic mass is 16.5. The van der Waals surface area contributed by atoms with Gasteiger partial charge in [0, 0.05) is 26.0 Å². The molecule has 3 rings (SSSR count). The summed E-state index contributed by atoms with van der Waals surface area (Å²) in [6, 6.07) is 1.67. The second-order valence-corrected chi connectivity index (χ2v) is 5.85. The van der Waals surface area contributed by atoms with Gasteiger partial charge in [0.25, 0.3) is 5.91 Å². The van der Waals surface area contributed by atoms with E-state index in [0.717, 1.165) is 5.69 Å². The highest BCUT2D eigenvalue weighted by Crippen LogP contribution is 2.21. The molecule has 0 unspecified atom stereocenters. The summed E-state index contributed by atoms with van der Waals surface area (Å²) in [6.45, 7) is 5.05. The molecule has 0 saturated carbocycles. The summed E-state index contributed by atoms with van der Waals surface area (Å²) in [5, 5.41) is 6.53. The van der Waals surface area contributed by atoms with Gasteiger partial charge in [0.1, 0.15) is 17.7 Å². The van der Waals surface area contributed by atoms with Crippen LogP contribution in [0.3, 0.4) is 0 Å². The van der Waals surface area contributed by atoms with Crippen LogP contribution in [0.15, 0.2) is 16.8 Å². The first-order chi connectivity index (χ1) is 12.1. The van der Waals surface area contributed by atoms with E-state index in [-0.39, 0.29) is 17.9 Å². The summed E-state index contributed by atoms with van der Waals surface area (Å²) in [4.78, 5) is 32.6. The third kappa shape index (κ3) is 4.05. The molecule has 1 aliphatic heterocycles. The number of hydrogen-bond acceptors (Lipinski definition) is 6. The minimum absolute atomic E-state index is 0.110. The fraction of sp³-hybridized carbons (Fsp3) is 0.500. The summed E-state index contributed by atoms with van der Waals surface area (Å²) in [7, 11) is 0. The fourth-order valence-corrected chi connectivity index (χ4v) is 2.59. The first kappa shape index (κ1) is 17.2. The maximum absolute atomic E-state index is 12.6. The number of carbonyl (C=O) groups is 2. The molecule has 3 heterocycles. The number of aromatic nitrogens is 3. The molecule has 0 radical (unpaired) electrons. The van der Waals surface area contributed by atoms with Crippen LogP contribution >= 0.6 is 0 Å². The van der Waals surface area contributed by atoms with E-state index in [1.165, 1.54) is 6.92 Å². The van der Waals surface area contributed by atoms with Crippen LogP contribution in [0.4, 0.5) is 0 Å². The van der Waals surface area contributed by atoms with Crippen LogP contribution in [0.2, 0.25) is 0 Å². The number of imidazole rings is 1. The summed E-state index contributed by atoms with van der Waals surface area (Å²) in [5.74, 6) is 1.02. The van der Waals surface area contributed by atoms with Crippen molar-refractivity contribution in [1.29, 1.82) is 0 Å². The van der Waals surface area contributed by atoms with Gasteiger partial charge in [-0.25, -0.2) is 4.98 Å². The molecule has 0 spiro atoms. The molecule has 1 fully saturated rings. The van der Waals surface area contributed by atoms with Gasteiger partial charge in [0.2, 0.25) is 5.91 Å². The highest BCUT2D eigenvalue weighted by molar-refractivity contribution is 5.92. The van der Waals surface area contributed by atoms with Crippen LogP contribution in [0.5, 0.6) is 0 Å². The predicted molar refractivity (Wildman–Crippen MR) is 86.6 cm³/mol. The van der Waals surface area contributed by atoms with E-state index in [1.54, 1.807) is 17.2 Å². The zero-order valence-electron chi connectivity index (χ0n) is 14.2. The van der Waals surface area contributed by atoms with E-state index in [2.05, 4.69) is 20.4 Å². The Bertz CT molecular complexity index is 753. The molecule has 1 aliphatic rings. The van der Waals surface area contributed by atoms with Crippen molar-refractivity contribution in [2.75, 3.05) is 19.7 Å². The Hall–Kier alpha value is -2.68. The van der Waals surface area contributed by atoms with Crippen molar-refractivity contribution in [2.24, 2.45) is 0 Å². The van der Waals surface area contributed by atoms with Crippen LogP contribution in [-0.4, -0.2) is 51.5 Å². The lowest BCUT2D eigenvalue weighted by Gasteiger charge is -2.31. The zero-order valence-corrected chi connectivity index (χ0v) is 14.2. The van der Waals surface area contributed by atoms with E-state index in [9.17, 15) is 9.59 Å². The number of rotatable bonds is 5. The van der Waals surface area contributed by atoms with Gasteiger partial charge in [0.15, 0.2) is 5.69 Å². The maximum Gasteiger partial charge on any atom is 0.276 e. The largest absolute Gasteiger partial charge is 0.367 e. The lowest BCUT2D eigenvalue weighted by Crippen LogP contribution is -2.42. The molecule has 2 aromatic rings. The second-order valence-electron chi connectivity index (χ2n) is 5.85. The molecule has 0 bridgehead atoms. The van der Waals surface area contributed by atoms with Gasteiger partial charge in [-0.2, -0.15) is 0 Å². The topological polar surface area (TPSA) is 113 Å². The number of hydrogen-bond donors (Lipinski definition) is 2. The van der Waals surface area contributed by atoms with Crippen molar-refractivity contribution in [2.45, 2.75) is 32.9 Å². The molecule has 2 amide bonds. The Morgan fingerprint density at radius 1 is 1.48 bits per heavy atom. The van der Waals surface area contributed by atoms with E-state index in [0.29, 0.717) is 49.9 Å². The molecule has 2 N–H and O–H groups in total. The molecule has 9 heteroatoms. The summed E-state index contributed by atoms with van der Waals surface area (Å²) < 4.78 is 10.8. The minimum Gasteiger partial charge on any atom is -0.367 e. The average molecular weight is 347 g/mol. The molecule has 1 atom stereocenters. The molecular formula is C16H21N5O4. The first-order valence-corrected chi connectivity index (χ1v) is 8.21. The second kappa shape index (κ2) is 7.47. The molecule has 0 aromatic carbocycles. The normalized spacial score (nSPS) is 17.5. The van der Waals surface area contributed by atoms with E-state index >= 15 is 0 Å². The number of aromatic amines is 1. The summed E-state index contributed by atoms with van der Waals surface area (Å²) in [5.41, 5.74) is 1.09. The van der Waals surface area contributed by atoms with Gasteiger partial charge < -0.3 is 24.5 Å². The van der Waals surface area contributed by atoms with Gasteiger partial charge in [0.05, 0.1) is 31.6 Å². The third-order valence-electron chi connectivity index (χ3n) is 3.96. The molecule has 0 aliphatic carbocycles. The average Bonchev–Trinajstić information content (AvgIpc) is 3.28. The molecule has 25 heavy (non-hydrogen) atoms. The number of ether oxygens (including phenoxy) is 1. The van der Waals surface area contributed by atoms with Crippen LogP contribution in [0.25, 0.3) is 0 Å². The van der Waals surface area contributed by atoms with E-state index < -0.39 is 0 Å². The SMILES string of the molecule is CCc1cc(C(=O)N2CCO[C@H](c3ncc(CNC(C)=O)[nH]3)C2)no1.